The molecule has 0 aliphatic carbocycles. The van der Waals surface area contributed by atoms with E-state index in [-0.39, 0.29) is 5.69 Å². The van der Waals surface area contributed by atoms with Crippen molar-refractivity contribution in [3.63, 3.8) is 0 Å². The fourth-order valence-electron chi connectivity index (χ4n) is 1.46. The number of H-pyrrole nitrogens is 1. The summed E-state index contributed by atoms with van der Waals surface area (Å²) in [4.78, 5) is 14.1. The van der Waals surface area contributed by atoms with Gasteiger partial charge >= 0.3 is 5.69 Å². The van der Waals surface area contributed by atoms with Crippen molar-refractivity contribution in [2.24, 2.45) is 5.73 Å². The van der Waals surface area contributed by atoms with E-state index in [1.54, 1.807) is 18.8 Å². The Labute approximate surface area is 120 Å². The molecule has 0 radical (unpaired) electrons. The fraction of sp³-hybridized carbons (Fsp3) is 0.400. The van der Waals surface area contributed by atoms with Crippen LogP contribution in [0.15, 0.2) is 29.1 Å². The molecule has 1 aromatic carbocycles. The lowest BCUT2D eigenvalue weighted by atomic mass is 10.3. The first-order valence-corrected chi connectivity index (χ1v) is 6.35. The average Bonchev–Trinajstić information content (AvgIpc) is 2.81. The number of rotatable bonds is 2. The smallest absolute Gasteiger partial charge is 0.326 e. The summed E-state index contributed by atoms with van der Waals surface area (Å²) in [7, 11) is 3.25. The lowest BCUT2D eigenvalue weighted by molar-refractivity contribution is 0.277. The molecule has 20 heavy (non-hydrogen) atoms. The number of aromatic nitrogens is 2. The van der Waals surface area contributed by atoms with Crippen molar-refractivity contribution in [2.45, 2.75) is 20.4 Å². The van der Waals surface area contributed by atoms with Crippen molar-refractivity contribution in [3.8, 4) is 12.8 Å². The van der Waals surface area contributed by atoms with Gasteiger partial charge in [-0.2, -0.15) is 0 Å². The third-order valence-corrected chi connectivity index (χ3v) is 2.03. The maximum absolute atomic E-state index is 11.4. The molecule has 1 heterocycles. The first-order chi connectivity index (χ1) is 9.74. The Morgan fingerprint density at radius 3 is 2.25 bits per heavy atom. The quantitative estimate of drug-likeness (QED) is 0.824. The molecular formula is C15H25N3O2. The number of imidazole rings is 1. The summed E-state index contributed by atoms with van der Waals surface area (Å²) < 4.78 is 5.90. The minimum Gasteiger partial charge on any atom is -0.388 e. The number of nitrogens with two attached hydrogens (primary N) is 1. The van der Waals surface area contributed by atoms with E-state index in [4.69, 9.17) is 5.73 Å². The van der Waals surface area contributed by atoms with Gasteiger partial charge in [-0.1, -0.05) is 26.0 Å². The number of para-hydroxylation sites is 2. The zero-order valence-electron chi connectivity index (χ0n) is 12.7. The van der Waals surface area contributed by atoms with E-state index in [0.29, 0.717) is 13.1 Å². The summed E-state index contributed by atoms with van der Waals surface area (Å²) in [5.74, 6) is 0. The minimum absolute atomic E-state index is 0.0911. The summed E-state index contributed by atoms with van der Waals surface area (Å²) in [5, 5.41) is 0. The Hall–Kier alpha value is -2.03. The van der Waals surface area contributed by atoms with Crippen LogP contribution in [-0.4, -0.2) is 30.3 Å². The van der Waals surface area contributed by atoms with Crippen LogP contribution in [0.2, 0.25) is 0 Å². The van der Waals surface area contributed by atoms with Crippen molar-refractivity contribution in [1.29, 1.82) is 0 Å². The first-order valence-electron chi connectivity index (χ1n) is 6.35. The minimum atomic E-state index is -0.0911. The zero-order chi connectivity index (χ0) is 16.0. The number of benzene rings is 1. The van der Waals surface area contributed by atoms with E-state index in [1.807, 2.05) is 38.1 Å². The van der Waals surface area contributed by atoms with E-state index in [2.05, 4.69) is 22.6 Å². The van der Waals surface area contributed by atoms with Crippen LogP contribution in [0.5, 0.6) is 0 Å². The number of nitrogens with one attached hydrogen (secondary N) is 1. The van der Waals surface area contributed by atoms with Gasteiger partial charge in [-0.05, 0) is 12.1 Å². The van der Waals surface area contributed by atoms with Crippen LogP contribution in [0.1, 0.15) is 13.8 Å². The highest BCUT2D eigenvalue weighted by atomic mass is 16.4. The monoisotopic (exact) mass is 279 g/mol. The molecule has 0 atom stereocenters. The van der Waals surface area contributed by atoms with Crippen LogP contribution in [0.3, 0.4) is 0 Å². The topological polar surface area (TPSA) is 73.0 Å². The van der Waals surface area contributed by atoms with Gasteiger partial charge in [-0.25, -0.2) is 4.79 Å². The molecule has 0 bridgehead atoms. The van der Waals surface area contributed by atoms with Crippen molar-refractivity contribution in [2.75, 3.05) is 20.8 Å². The second-order valence-corrected chi connectivity index (χ2v) is 3.30. The molecule has 0 unspecified atom stereocenters. The van der Waals surface area contributed by atoms with Gasteiger partial charge in [0.05, 0.1) is 11.0 Å². The molecule has 2 aromatic rings. The average molecular weight is 279 g/mol. The second kappa shape index (κ2) is 13.4. The van der Waals surface area contributed by atoms with Crippen molar-refractivity contribution < 1.29 is 4.74 Å². The predicted molar refractivity (Wildman–Crippen MR) is 85.8 cm³/mol. The van der Waals surface area contributed by atoms with Gasteiger partial charge in [-0.3, -0.25) is 4.57 Å². The highest BCUT2D eigenvalue weighted by Crippen LogP contribution is 2.07. The van der Waals surface area contributed by atoms with E-state index in [9.17, 15) is 4.79 Å². The van der Waals surface area contributed by atoms with E-state index >= 15 is 0 Å². The van der Waals surface area contributed by atoms with Gasteiger partial charge < -0.3 is 15.5 Å². The molecule has 0 amide bonds. The number of aromatic amines is 1. The molecule has 0 aliphatic rings. The summed E-state index contributed by atoms with van der Waals surface area (Å²) in [6.07, 6.45) is 8.00. The van der Waals surface area contributed by atoms with Gasteiger partial charge in [0.2, 0.25) is 0 Å². The summed E-state index contributed by atoms with van der Waals surface area (Å²) in [5.41, 5.74) is 7.09. The van der Waals surface area contributed by atoms with Crippen LogP contribution >= 0.6 is 0 Å². The zero-order valence-corrected chi connectivity index (χ0v) is 12.7. The molecule has 112 valence electrons. The molecule has 1 aromatic heterocycles. The predicted octanol–water partition coefficient (Wildman–Crippen LogP) is 1.83. The van der Waals surface area contributed by atoms with Crippen molar-refractivity contribution in [3.05, 3.63) is 34.7 Å². The van der Waals surface area contributed by atoms with Gasteiger partial charge in [0.25, 0.3) is 0 Å². The molecule has 0 aliphatic heterocycles. The van der Waals surface area contributed by atoms with Crippen LogP contribution in [-0.2, 0) is 11.3 Å². The Morgan fingerprint density at radius 2 is 1.75 bits per heavy atom. The third kappa shape index (κ3) is 6.23. The SMILES string of the molecule is C#C.CC.COC.NCCn1c(=O)[nH]c2ccccc21. The normalized spacial score (nSPS) is 8.35. The van der Waals surface area contributed by atoms with E-state index < -0.39 is 0 Å². The lowest BCUT2D eigenvalue weighted by Gasteiger charge is -1.98. The fourth-order valence-corrected chi connectivity index (χ4v) is 1.46. The number of hydrogen-bond acceptors (Lipinski definition) is 3. The van der Waals surface area contributed by atoms with E-state index in [1.165, 1.54) is 0 Å². The van der Waals surface area contributed by atoms with Crippen molar-refractivity contribution in [1.82, 2.24) is 9.55 Å². The number of ether oxygens (including phenoxy) is 1. The van der Waals surface area contributed by atoms with Gasteiger partial charge in [-0.15, -0.1) is 12.8 Å². The molecule has 0 fully saturated rings. The van der Waals surface area contributed by atoms with Crippen LogP contribution in [0.4, 0.5) is 0 Å². The molecule has 0 saturated carbocycles. The summed E-state index contributed by atoms with van der Waals surface area (Å²) in [6, 6.07) is 7.58. The Morgan fingerprint density at radius 1 is 1.25 bits per heavy atom. The number of methoxy groups -OCH3 is 1. The number of nitrogens with zero attached hydrogens (tertiary/aromatic N) is 1. The Kier molecular flexibility index (Phi) is 13.6. The summed E-state index contributed by atoms with van der Waals surface area (Å²) in [6.45, 7) is 5.03. The maximum atomic E-state index is 11.4. The molecular weight excluding hydrogens is 254 g/mol. The van der Waals surface area contributed by atoms with Crippen LogP contribution in [0.25, 0.3) is 11.0 Å². The van der Waals surface area contributed by atoms with Gasteiger partial charge in [0.1, 0.15) is 0 Å². The third-order valence-electron chi connectivity index (χ3n) is 2.03. The lowest BCUT2D eigenvalue weighted by Crippen LogP contribution is -2.21. The Bertz CT molecular complexity index is 526. The van der Waals surface area contributed by atoms with Crippen molar-refractivity contribution >= 4 is 11.0 Å². The van der Waals surface area contributed by atoms with Crippen LogP contribution < -0.4 is 11.4 Å². The van der Waals surface area contributed by atoms with Gasteiger partial charge in [0.15, 0.2) is 0 Å². The maximum Gasteiger partial charge on any atom is 0.326 e. The molecule has 0 spiro atoms. The molecule has 3 N–H and O–H groups in total. The first kappa shape index (κ1) is 20.3. The summed E-state index contributed by atoms with van der Waals surface area (Å²) >= 11 is 0. The largest absolute Gasteiger partial charge is 0.388 e. The highest BCUT2D eigenvalue weighted by molar-refractivity contribution is 5.74. The highest BCUT2D eigenvalue weighted by Gasteiger charge is 2.03. The molecule has 2 rings (SSSR count). The molecule has 0 saturated heterocycles. The Balaban J connectivity index is 0. The molecule has 5 nitrogen and oxygen atoms in total. The molecule has 5 heteroatoms. The second-order valence-electron chi connectivity index (χ2n) is 3.30. The number of terminal acetylenes is 1. The standard InChI is InChI=1S/C9H11N3O.C2H6O.C2H6.C2H2/c10-5-6-12-8-4-2-1-3-7(8)11-9(12)13;1-3-2;2*1-2/h1-4H,5-6,10H2,(H,11,13);1-2H3;1-2H3;1-2H. The van der Waals surface area contributed by atoms with Crippen LogP contribution in [0, 0.1) is 12.8 Å². The van der Waals surface area contributed by atoms with Gasteiger partial charge in [0, 0.05) is 27.3 Å². The number of hydrogen-bond donors (Lipinski definition) is 2. The number of fused-ring (bicyclic) bond motifs is 1. The van der Waals surface area contributed by atoms with E-state index in [0.717, 1.165) is 11.0 Å².